The summed E-state index contributed by atoms with van der Waals surface area (Å²) in [6.45, 7) is 8.59. The Kier molecular flexibility index (Phi) is 3.84. The lowest BCUT2D eigenvalue weighted by Crippen LogP contribution is -2.18. The van der Waals surface area contributed by atoms with Gasteiger partial charge in [-0.2, -0.15) is 0 Å². The molecule has 98 valence electrons. The number of nitrogens with zero attached hydrogens (tertiary/aromatic N) is 2. The Balaban J connectivity index is 2.31. The summed E-state index contributed by atoms with van der Waals surface area (Å²) in [4.78, 5) is 9.31. The molecule has 0 spiro atoms. The molecule has 0 amide bonds. The maximum Gasteiger partial charge on any atom is 0.117 e. The maximum absolute atomic E-state index is 4.76. The number of hydrogen-bond donors (Lipinski definition) is 1. The van der Waals surface area contributed by atoms with Crippen LogP contribution in [0.15, 0.2) is 10.8 Å². The Morgan fingerprint density at radius 3 is 2.17 bits per heavy atom. The minimum Gasteiger partial charge on any atom is -0.305 e. The van der Waals surface area contributed by atoms with E-state index in [9.17, 15) is 0 Å². The van der Waals surface area contributed by atoms with Crippen molar-refractivity contribution in [1.82, 2.24) is 15.3 Å². The van der Waals surface area contributed by atoms with Crippen LogP contribution in [0.1, 0.15) is 48.2 Å². The highest BCUT2D eigenvalue weighted by molar-refractivity contribution is 7.11. The van der Waals surface area contributed by atoms with Crippen LogP contribution in [0.5, 0.6) is 0 Å². The lowest BCUT2D eigenvalue weighted by molar-refractivity contribution is 0.566. The van der Waals surface area contributed by atoms with Crippen molar-refractivity contribution in [2.75, 3.05) is 7.05 Å². The van der Waals surface area contributed by atoms with E-state index in [0.717, 1.165) is 21.4 Å². The summed E-state index contributed by atoms with van der Waals surface area (Å²) in [5.74, 6) is 0. The zero-order valence-corrected chi connectivity index (χ0v) is 13.1. The first-order valence-corrected chi connectivity index (χ1v) is 7.73. The van der Waals surface area contributed by atoms with Gasteiger partial charge in [0.25, 0.3) is 0 Å². The van der Waals surface area contributed by atoms with E-state index in [1.54, 1.807) is 22.7 Å². The second-order valence-electron chi connectivity index (χ2n) is 5.37. The van der Waals surface area contributed by atoms with Crippen LogP contribution in [0.2, 0.25) is 0 Å². The average molecular weight is 281 g/mol. The van der Waals surface area contributed by atoms with Gasteiger partial charge in [0.15, 0.2) is 0 Å². The van der Waals surface area contributed by atoms with Gasteiger partial charge in [-0.25, -0.2) is 9.97 Å². The van der Waals surface area contributed by atoms with Crippen molar-refractivity contribution < 1.29 is 0 Å². The van der Waals surface area contributed by atoms with E-state index in [0.29, 0.717) is 0 Å². The molecule has 0 bridgehead atoms. The Morgan fingerprint density at radius 1 is 1.11 bits per heavy atom. The van der Waals surface area contributed by atoms with Crippen molar-refractivity contribution in [3.8, 4) is 0 Å². The third kappa shape index (κ3) is 2.79. The van der Waals surface area contributed by atoms with Crippen LogP contribution in [-0.4, -0.2) is 17.0 Å². The third-order valence-corrected chi connectivity index (χ3v) is 4.65. The van der Waals surface area contributed by atoms with Gasteiger partial charge in [-0.05, 0) is 14.0 Å². The van der Waals surface area contributed by atoms with Crippen molar-refractivity contribution >= 4 is 22.7 Å². The van der Waals surface area contributed by atoms with Gasteiger partial charge >= 0.3 is 0 Å². The summed E-state index contributed by atoms with van der Waals surface area (Å²) in [6.07, 6.45) is 0. The molecule has 2 aromatic rings. The van der Waals surface area contributed by atoms with E-state index in [4.69, 9.17) is 4.98 Å². The molecule has 0 saturated heterocycles. The van der Waals surface area contributed by atoms with Gasteiger partial charge in [-0.1, -0.05) is 20.8 Å². The minimum absolute atomic E-state index is 0.103. The van der Waals surface area contributed by atoms with Crippen molar-refractivity contribution in [2.45, 2.75) is 39.2 Å². The largest absolute Gasteiger partial charge is 0.305 e. The number of rotatable bonds is 3. The summed E-state index contributed by atoms with van der Waals surface area (Å²) >= 11 is 3.39. The van der Waals surface area contributed by atoms with E-state index in [-0.39, 0.29) is 11.5 Å². The summed E-state index contributed by atoms with van der Waals surface area (Å²) in [7, 11) is 1.96. The zero-order chi connectivity index (χ0) is 13.3. The number of hydrogen-bond acceptors (Lipinski definition) is 5. The second kappa shape index (κ2) is 5.07. The quantitative estimate of drug-likeness (QED) is 0.935. The smallest absolute Gasteiger partial charge is 0.117 e. The Morgan fingerprint density at radius 2 is 1.72 bits per heavy atom. The zero-order valence-electron chi connectivity index (χ0n) is 11.4. The number of aromatic nitrogens is 2. The highest BCUT2D eigenvalue weighted by Gasteiger charge is 2.23. The molecule has 0 aliphatic heterocycles. The Hall–Kier alpha value is -0.780. The van der Waals surface area contributed by atoms with Crippen molar-refractivity contribution in [1.29, 1.82) is 0 Å². The van der Waals surface area contributed by atoms with E-state index >= 15 is 0 Å². The minimum atomic E-state index is 0.103. The molecule has 0 aliphatic rings. The number of thiazole rings is 2. The molecular formula is C13H19N3S2. The fourth-order valence-corrected chi connectivity index (χ4v) is 3.76. The molecule has 1 atom stereocenters. The first-order chi connectivity index (χ1) is 8.41. The predicted molar refractivity (Wildman–Crippen MR) is 78.6 cm³/mol. The van der Waals surface area contributed by atoms with Gasteiger partial charge in [0.1, 0.15) is 16.1 Å². The van der Waals surface area contributed by atoms with Gasteiger partial charge in [-0.15, -0.1) is 22.7 Å². The lowest BCUT2D eigenvalue weighted by atomic mass is 9.93. The van der Waals surface area contributed by atoms with Crippen LogP contribution < -0.4 is 5.32 Å². The summed E-state index contributed by atoms with van der Waals surface area (Å²) in [6, 6.07) is 0.116. The predicted octanol–water partition coefficient (Wildman–Crippen LogP) is 3.51. The summed E-state index contributed by atoms with van der Waals surface area (Å²) in [5, 5.41) is 9.72. The van der Waals surface area contributed by atoms with Crippen LogP contribution in [0.3, 0.4) is 0 Å². The van der Waals surface area contributed by atoms with Gasteiger partial charge in [0.05, 0.1) is 5.69 Å². The van der Waals surface area contributed by atoms with Gasteiger partial charge in [0, 0.05) is 21.9 Å². The van der Waals surface area contributed by atoms with Crippen LogP contribution in [0, 0.1) is 6.92 Å². The molecule has 0 aromatic carbocycles. The molecule has 1 unspecified atom stereocenters. The molecule has 18 heavy (non-hydrogen) atoms. The Bertz CT molecular complexity index is 522. The number of nitrogens with one attached hydrogen (secondary N) is 1. The van der Waals surface area contributed by atoms with Crippen LogP contribution in [0.25, 0.3) is 0 Å². The van der Waals surface area contributed by atoms with E-state index < -0.39 is 0 Å². The highest BCUT2D eigenvalue weighted by atomic mass is 32.1. The molecule has 3 nitrogen and oxygen atoms in total. The molecule has 2 heterocycles. The maximum atomic E-state index is 4.76. The highest BCUT2D eigenvalue weighted by Crippen LogP contribution is 2.30. The Labute approximate surface area is 116 Å². The van der Waals surface area contributed by atoms with Gasteiger partial charge < -0.3 is 5.32 Å². The SMILES string of the molecule is CNC(c1nc(C)cs1)c1nc(C(C)(C)C)cs1. The fourth-order valence-electron chi connectivity index (χ4n) is 1.62. The van der Waals surface area contributed by atoms with Crippen LogP contribution in [-0.2, 0) is 5.41 Å². The van der Waals surface area contributed by atoms with E-state index in [1.165, 1.54) is 0 Å². The fraction of sp³-hybridized carbons (Fsp3) is 0.538. The molecular weight excluding hydrogens is 262 g/mol. The third-order valence-electron chi connectivity index (χ3n) is 2.71. The molecule has 0 fully saturated rings. The molecule has 0 saturated carbocycles. The summed E-state index contributed by atoms with van der Waals surface area (Å²) in [5.41, 5.74) is 2.32. The lowest BCUT2D eigenvalue weighted by Gasteiger charge is -2.15. The van der Waals surface area contributed by atoms with Gasteiger partial charge in [0.2, 0.25) is 0 Å². The molecule has 5 heteroatoms. The molecule has 0 aliphatic carbocycles. The second-order valence-corrected chi connectivity index (χ2v) is 7.15. The first kappa shape index (κ1) is 13.6. The van der Waals surface area contributed by atoms with E-state index in [1.807, 2.05) is 14.0 Å². The van der Waals surface area contributed by atoms with E-state index in [2.05, 4.69) is 41.8 Å². The monoisotopic (exact) mass is 281 g/mol. The van der Waals surface area contributed by atoms with Crippen LogP contribution in [0.4, 0.5) is 0 Å². The standard InChI is InChI=1S/C13H19N3S2/c1-8-6-17-11(15-8)10(14-5)12-16-9(7-18-12)13(2,3)4/h6-7,10,14H,1-5H3. The van der Waals surface area contributed by atoms with Gasteiger partial charge in [-0.3, -0.25) is 0 Å². The summed E-state index contributed by atoms with van der Waals surface area (Å²) < 4.78 is 0. The average Bonchev–Trinajstić information content (AvgIpc) is 2.88. The molecule has 2 aromatic heterocycles. The van der Waals surface area contributed by atoms with Crippen molar-refractivity contribution in [3.05, 3.63) is 32.2 Å². The molecule has 0 radical (unpaired) electrons. The van der Waals surface area contributed by atoms with Crippen molar-refractivity contribution in [2.24, 2.45) is 0 Å². The normalized spacial score (nSPS) is 13.8. The topological polar surface area (TPSA) is 37.8 Å². The molecule has 1 N–H and O–H groups in total. The first-order valence-electron chi connectivity index (χ1n) is 5.97. The van der Waals surface area contributed by atoms with Crippen molar-refractivity contribution in [3.63, 3.8) is 0 Å². The van der Waals surface area contributed by atoms with Crippen LogP contribution >= 0.6 is 22.7 Å². The molecule has 2 rings (SSSR count). The number of aryl methyl sites for hydroxylation is 1.